The van der Waals surface area contributed by atoms with E-state index in [9.17, 15) is 0 Å². The molecular formula is C13H17BrO2. The first-order chi connectivity index (χ1) is 7.77. The summed E-state index contributed by atoms with van der Waals surface area (Å²) >= 11 is 3.46. The molecule has 0 aliphatic carbocycles. The summed E-state index contributed by atoms with van der Waals surface area (Å²) in [7, 11) is 0. The van der Waals surface area contributed by atoms with E-state index in [1.807, 2.05) is 18.2 Å². The maximum atomic E-state index is 5.99. The fraction of sp³-hybridized carbons (Fsp3) is 0.538. The molecule has 1 aromatic rings. The maximum Gasteiger partial charge on any atom is 0.195 e. The monoisotopic (exact) mass is 284 g/mol. The molecule has 0 amide bonds. The van der Waals surface area contributed by atoms with Crippen LogP contribution in [0.25, 0.3) is 0 Å². The molecule has 16 heavy (non-hydrogen) atoms. The van der Waals surface area contributed by atoms with E-state index in [0.29, 0.717) is 6.61 Å². The molecule has 0 N–H and O–H groups in total. The van der Waals surface area contributed by atoms with Crippen LogP contribution in [0.4, 0.5) is 0 Å². The molecule has 2 atom stereocenters. The van der Waals surface area contributed by atoms with E-state index >= 15 is 0 Å². The highest BCUT2D eigenvalue weighted by Gasteiger charge is 2.40. The second-order valence-electron chi connectivity index (χ2n) is 4.15. The summed E-state index contributed by atoms with van der Waals surface area (Å²) in [6, 6.07) is 10.2. The summed E-state index contributed by atoms with van der Waals surface area (Å²) in [6.07, 6.45) is 2.12. The lowest BCUT2D eigenvalue weighted by molar-refractivity contribution is -0.180. The minimum atomic E-state index is -0.519. The summed E-state index contributed by atoms with van der Waals surface area (Å²) < 4.78 is 11.9. The molecule has 2 nitrogen and oxygen atoms in total. The quantitative estimate of drug-likeness (QED) is 0.789. The molecule has 3 heteroatoms. The Bertz CT molecular complexity index is 328. The Hall–Kier alpha value is -0.380. The molecule has 2 unspecified atom stereocenters. The number of hydrogen-bond donors (Lipinski definition) is 0. The zero-order valence-corrected chi connectivity index (χ0v) is 11.1. The summed E-state index contributed by atoms with van der Waals surface area (Å²) in [5.41, 5.74) is 1.13. The third kappa shape index (κ3) is 2.47. The number of alkyl halides is 1. The Morgan fingerprint density at radius 3 is 2.69 bits per heavy atom. The van der Waals surface area contributed by atoms with Crippen molar-refractivity contribution < 1.29 is 9.47 Å². The predicted molar refractivity (Wildman–Crippen MR) is 67.6 cm³/mol. The van der Waals surface area contributed by atoms with Crippen molar-refractivity contribution in [3.8, 4) is 0 Å². The highest BCUT2D eigenvalue weighted by atomic mass is 79.9. The van der Waals surface area contributed by atoms with Crippen LogP contribution in [0, 0.1) is 0 Å². The largest absolute Gasteiger partial charge is 0.343 e. The fourth-order valence-corrected chi connectivity index (χ4v) is 2.34. The van der Waals surface area contributed by atoms with Crippen molar-refractivity contribution in [2.45, 2.75) is 31.7 Å². The number of rotatable bonds is 4. The van der Waals surface area contributed by atoms with Crippen molar-refractivity contribution >= 4 is 15.9 Å². The topological polar surface area (TPSA) is 18.5 Å². The number of benzene rings is 1. The van der Waals surface area contributed by atoms with Crippen LogP contribution in [0.2, 0.25) is 0 Å². The van der Waals surface area contributed by atoms with Gasteiger partial charge in [-0.2, -0.15) is 0 Å². The normalized spacial score (nSPS) is 29.5. The van der Waals surface area contributed by atoms with Gasteiger partial charge in [0.05, 0.1) is 12.7 Å². The molecule has 1 aliphatic rings. The number of hydrogen-bond acceptors (Lipinski definition) is 2. The van der Waals surface area contributed by atoms with Gasteiger partial charge in [0.15, 0.2) is 5.79 Å². The average molecular weight is 285 g/mol. The molecule has 0 bridgehead atoms. The van der Waals surface area contributed by atoms with Gasteiger partial charge >= 0.3 is 0 Å². The van der Waals surface area contributed by atoms with Crippen molar-refractivity contribution in [3.63, 3.8) is 0 Å². The van der Waals surface area contributed by atoms with Gasteiger partial charge in [0.25, 0.3) is 0 Å². The van der Waals surface area contributed by atoms with Crippen LogP contribution in [-0.4, -0.2) is 18.0 Å². The van der Waals surface area contributed by atoms with Gasteiger partial charge in [0.1, 0.15) is 0 Å². The first-order valence-electron chi connectivity index (χ1n) is 5.70. The molecule has 1 aliphatic heterocycles. The molecule has 0 saturated carbocycles. The zero-order valence-electron chi connectivity index (χ0n) is 9.49. The fourth-order valence-electron chi connectivity index (χ4n) is 2.06. The lowest BCUT2D eigenvalue weighted by Gasteiger charge is -2.28. The van der Waals surface area contributed by atoms with Crippen LogP contribution >= 0.6 is 15.9 Å². The molecule has 0 aromatic heterocycles. The molecule has 0 radical (unpaired) electrons. The third-order valence-electron chi connectivity index (χ3n) is 2.80. The van der Waals surface area contributed by atoms with Crippen molar-refractivity contribution in [3.05, 3.63) is 35.9 Å². The highest BCUT2D eigenvalue weighted by Crippen LogP contribution is 2.38. The van der Waals surface area contributed by atoms with Crippen molar-refractivity contribution in [2.75, 3.05) is 11.9 Å². The van der Waals surface area contributed by atoms with E-state index in [1.165, 1.54) is 0 Å². The Labute approximate surface area is 105 Å². The molecular weight excluding hydrogens is 268 g/mol. The third-order valence-corrected chi connectivity index (χ3v) is 3.36. The van der Waals surface area contributed by atoms with Crippen LogP contribution in [-0.2, 0) is 15.3 Å². The first-order valence-corrected chi connectivity index (χ1v) is 6.82. The lowest BCUT2D eigenvalue weighted by Crippen LogP contribution is -2.28. The zero-order chi connectivity index (χ0) is 11.4. The van der Waals surface area contributed by atoms with Crippen LogP contribution in [0.15, 0.2) is 30.3 Å². The Kier molecular flexibility index (Phi) is 4.00. The minimum absolute atomic E-state index is 0.176. The van der Waals surface area contributed by atoms with Gasteiger partial charge in [0, 0.05) is 17.3 Å². The van der Waals surface area contributed by atoms with Crippen LogP contribution in [0.3, 0.4) is 0 Å². The molecule has 1 aromatic carbocycles. The molecule has 1 heterocycles. The molecule has 88 valence electrons. The van der Waals surface area contributed by atoms with Crippen molar-refractivity contribution in [1.29, 1.82) is 0 Å². The second kappa shape index (κ2) is 5.30. The van der Waals surface area contributed by atoms with E-state index in [0.717, 1.165) is 23.7 Å². The second-order valence-corrected chi connectivity index (χ2v) is 4.94. The molecule has 0 spiro atoms. The predicted octanol–water partition coefficient (Wildman–Crippen LogP) is 3.45. The summed E-state index contributed by atoms with van der Waals surface area (Å²) in [5, 5.41) is 0.975. The SMILES string of the molecule is CC1COC(CCCBr)(c2ccccc2)O1. The van der Waals surface area contributed by atoms with Crippen LogP contribution in [0.5, 0.6) is 0 Å². The van der Waals surface area contributed by atoms with E-state index in [1.54, 1.807) is 0 Å². The van der Waals surface area contributed by atoms with Gasteiger partial charge in [-0.15, -0.1) is 0 Å². The summed E-state index contributed by atoms with van der Waals surface area (Å²) in [6.45, 7) is 2.73. The van der Waals surface area contributed by atoms with Gasteiger partial charge < -0.3 is 9.47 Å². The molecule has 2 rings (SSSR count). The summed E-state index contributed by atoms with van der Waals surface area (Å²) in [5.74, 6) is -0.519. The van der Waals surface area contributed by atoms with Gasteiger partial charge in [-0.3, -0.25) is 0 Å². The lowest BCUT2D eigenvalue weighted by atomic mass is 10.0. The van der Waals surface area contributed by atoms with E-state index < -0.39 is 5.79 Å². The minimum Gasteiger partial charge on any atom is -0.343 e. The van der Waals surface area contributed by atoms with Crippen molar-refractivity contribution in [2.24, 2.45) is 0 Å². The Morgan fingerprint density at radius 1 is 1.38 bits per heavy atom. The Balaban J connectivity index is 2.21. The van der Waals surface area contributed by atoms with E-state index in [2.05, 4.69) is 35.0 Å². The maximum absolute atomic E-state index is 5.99. The standard InChI is InChI=1S/C13H17BrO2/c1-11-10-15-13(16-11,8-5-9-14)12-6-3-2-4-7-12/h2-4,6-7,11H,5,8-10H2,1H3. The highest BCUT2D eigenvalue weighted by molar-refractivity contribution is 9.09. The van der Waals surface area contributed by atoms with Gasteiger partial charge in [-0.25, -0.2) is 0 Å². The smallest absolute Gasteiger partial charge is 0.195 e. The van der Waals surface area contributed by atoms with Gasteiger partial charge in [0.2, 0.25) is 0 Å². The van der Waals surface area contributed by atoms with E-state index in [4.69, 9.17) is 9.47 Å². The summed E-state index contributed by atoms with van der Waals surface area (Å²) in [4.78, 5) is 0. The molecule has 1 saturated heterocycles. The number of halogens is 1. The molecule has 1 fully saturated rings. The van der Waals surface area contributed by atoms with Gasteiger partial charge in [-0.05, 0) is 13.3 Å². The first kappa shape index (κ1) is 12.1. The van der Waals surface area contributed by atoms with Crippen LogP contribution in [0.1, 0.15) is 25.3 Å². The number of ether oxygens (including phenoxy) is 2. The Morgan fingerprint density at radius 2 is 2.12 bits per heavy atom. The average Bonchev–Trinajstić information content (AvgIpc) is 2.71. The van der Waals surface area contributed by atoms with Gasteiger partial charge in [-0.1, -0.05) is 46.3 Å². The van der Waals surface area contributed by atoms with E-state index in [-0.39, 0.29) is 6.10 Å². The van der Waals surface area contributed by atoms with Crippen molar-refractivity contribution in [1.82, 2.24) is 0 Å². The van der Waals surface area contributed by atoms with Crippen LogP contribution < -0.4 is 0 Å².